The van der Waals surface area contributed by atoms with Gasteiger partial charge in [-0.15, -0.1) is 11.3 Å². The zero-order chi connectivity index (χ0) is 15.5. The lowest BCUT2D eigenvalue weighted by Gasteiger charge is -2.37. The molecule has 2 aliphatic rings. The molecule has 0 radical (unpaired) electrons. The summed E-state index contributed by atoms with van der Waals surface area (Å²) in [4.78, 5) is 10.8. The molecular weight excluding hydrogens is 306 g/mol. The molecule has 4 heterocycles. The molecule has 2 aromatic heterocycles. The van der Waals surface area contributed by atoms with E-state index in [4.69, 9.17) is 4.74 Å². The third-order valence-corrected chi connectivity index (χ3v) is 5.69. The van der Waals surface area contributed by atoms with Gasteiger partial charge in [-0.1, -0.05) is 12.1 Å². The van der Waals surface area contributed by atoms with Crippen LogP contribution in [0.25, 0.3) is 0 Å². The summed E-state index contributed by atoms with van der Waals surface area (Å²) in [5.74, 6) is 0. The highest BCUT2D eigenvalue weighted by Crippen LogP contribution is 2.26. The summed E-state index contributed by atoms with van der Waals surface area (Å²) in [5.41, 5.74) is 1.16. The number of thiophene rings is 1. The Kier molecular flexibility index (Phi) is 4.71. The Morgan fingerprint density at radius 3 is 3.04 bits per heavy atom. The quantitative estimate of drug-likeness (QED) is 0.843. The van der Waals surface area contributed by atoms with E-state index in [0.29, 0.717) is 18.8 Å². The van der Waals surface area contributed by atoms with Gasteiger partial charge in [0, 0.05) is 56.0 Å². The van der Waals surface area contributed by atoms with Gasteiger partial charge in [0.15, 0.2) is 0 Å². The molecule has 2 aliphatic heterocycles. The highest BCUT2D eigenvalue weighted by Gasteiger charge is 2.36. The van der Waals surface area contributed by atoms with Crippen LogP contribution in [0, 0.1) is 0 Å². The molecule has 0 aromatic carbocycles. The summed E-state index contributed by atoms with van der Waals surface area (Å²) in [6.07, 6.45) is 5.22. The molecule has 0 spiro atoms. The van der Waals surface area contributed by atoms with Crippen LogP contribution < -0.4 is 0 Å². The minimum absolute atomic E-state index is 0.363. The van der Waals surface area contributed by atoms with E-state index in [2.05, 4.69) is 38.4 Å². The molecule has 2 aromatic rings. The molecule has 5 heteroatoms. The van der Waals surface area contributed by atoms with Crippen molar-refractivity contribution in [3.05, 3.63) is 52.5 Å². The number of hydrogen-bond acceptors (Lipinski definition) is 5. The molecule has 4 nitrogen and oxygen atoms in total. The van der Waals surface area contributed by atoms with E-state index in [1.807, 2.05) is 29.8 Å². The monoisotopic (exact) mass is 329 g/mol. The van der Waals surface area contributed by atoms with Gasteiger partial charge in [-0.25, -0.2) is 0 Å². The maximum Gasteiger partial charge on any atom is 0.0736 e. The van der Waals surface area contributed by atoms with E-state index in [1.54, 1.807) is 0 Å². The summed E-state index contributed by atoms with van der Waals surface area (Å²) in [7, 11) is 0. The molecule has 0 amide bonds. The molecule has 0 N–H and O–H groups in total. The molecule has 122 valence electrons. The van der Waals surface area contributed by atoms with Gasteiger partial charge in [-0.05, 0) is 29.5 Å². The lowest BCUT2D eigenvalue weighted by molar-refractivity contribution is 0.0457. The lowest BCUT2D eigenvalue weighted by Crippen LogP contribution is -2.49. The van der Waals surface area contributed by atoms with Crippen LogP contribution in [0.15, 0.2) is 42.0 Å². The Bertz CT molecular complexity index is 604. The van der Waals surface area contributed by atoms with Gasteiger partial charge in [-0.2, -0.15) is 0 Å². The largest absolute Gasteiger partial charge is 0.372 e. The van der Waals surface area contributed by atoms with Crippen molar-refractivity contribution in [1.82, 2.24) is 14.8 Å². The molecule has 2 fully saturated rings. The molecule has 23 heavy (non-hydrogen) atoms. The fraction of sp³-hybridized carbons (Fsp3) is 0.500. The number of ether oxygens (including phenoxy) is 1. The Labute approximate surface area is 141 Å². The predicted octanol–water partition coefficient (Wildman–Crippen LogP) is 2.62. The molecule has 0 unspecified atom stereocenters. The van der Waals surface area contributed by atoms with Crippen LogP contribution in [0.2, 0.25) is 0 Å². The van der Waals surface area contributed by atoms with Crippen molar-refractivity contribution < 1.29 is 4.74 Å². The van der Waals surface area contributed by atoms with Crippen molar-refractivity contribution in [3.8, 4) is 0 Å². The van der Waals surface area contributed by atoms with E-state index in [0.717, 1.165) is 25.1 Å². The van der Waals surface area contributed by atoms with Crippen molar-refractivity contribution in [2.45, 2.75) is 31.7 Å². The van der Waals surface area contributed by atoms with E-state index < -0.39 is 0 Å². The van der Waals surface area contributed by atoms with Crippen LogP contribution in [0.1, 0.15) is 16.9 Å². The summed E-state index contributed by atoms with van der Waals surface area (Å²) in [5, 5.41) is 2.17. The van der Waals surface area contributed by atoms with Crippen molar-refractivity contribution in [2.24, 2.45) is 0 Å². The summed E-state index contributed by atoms with van der Waals surface area (Å²) < 4.78 is 6.12. The van der Waals surface area contributed by atoms with Gasteiger partial charge in [-0.3, -0.25) is 14.8 Å². The summed E-state index contributed by atoms with van der Waals surface area (Å²) >= 11 is 1.86. The van der Waals surface area contributed by atoms with Gasteiger partial charge in [0.25, 0.3) is 0 Å². The second-order valence-corrected chi connectivity index (χ2v) is 7.53. The topological polar surface area (TPSA) is 28.6 Å². The minimum atomic E-state index is 0.363. The van der Waals surface area contributed by atoms with Gasteiger partial charge in [0.05, 0.1) is 12.7 Å². The highest BCUT2D eigenvalue weighted by molar-refractivity contribution is 7.09. The molecular formula is C18H23N3OS. The normalized spacial score (nSPS) is 25.6. The molecule has 0 aliphatic carbocycles. The summed E-state index contributed by atoms with van der Waals surface area (Å²) in [6, 6.07) is 9.10. The lowest BCUT2D eigenvalue weighted by atomic mass is 10.1. The van der Waals surface area contributed by atoms with Crippen LogP contribution in [-0.2, 0) is 17.9 Å². The zero-order valence-corrected chi connectivity index (χ0v) is 14.1. The minimum Gasteiger partial charge on any atom is -0.372 e. The number of aromatic nitrogens is 1. The SMILES string of the molecule is c1cncc(CO[C@H]2C[C@H]3CN(Cc4cccs4)CCN3C2)c1. The van der Waals surface area contributed by atoms with Crippen LogP contribution in [0.3, 0.4) is 0 Å². The molecule has 2 atom stereocenters. The number of hydrogen-bond donors (Lipinski definition) is 0. The van der Waals surface area contributed by atoms with E-state index in [9.17, 15) is 0 Å². The van der Waals surface area contributed by atoms with Gasteiger partial charge in [0.1, 0.15) is 0 Å². The first-order valence-corrected chi connectivity index (χ1v) is 9.24. The highest BCUT2D eigenvalue weighted by atomic mass is 32.1. The fourth-order valence-electron chi connectivity index (χ4n) is 3.65. The number of piperazine rings is 1. The number of pyridine rings is 1. The van der Waals surface area contributed by atoms with Crippen molar-refractivity contribution in [3.63, 3.8) is 0 Å². The fourth-order valence-corrected chi connectivity index (χ4v) is 4.39. The van der Waals surface area contributed by atoms with E-state index in [1.165, 1.54) is 24.5 Å². The first-order valence-electron chi connectivity index (χ1n) is 8.36. The van der Waals surface area contributed by atoms with Crippen molar-refractivity contribution in [1.29, 1.82) is 0 Å². The van der Waals surface area contributed by atoms with Gasteiger partial charge >= 0.3 is 0 Å². The van der Waals surface area contributed by atoms with Crippen molar-refractivity contribution >= 4 is 11.3 Å². The standard InChI is InChI=1S/C18H23N3OS/c1-3-15(10-19-5-1)14-22-17-9-16-11-20(6-7-21(16)12-17)13-18-4-2-8-23-18/h1-5,8,10,16-17H,6-7,9,11-14H2/t16-,17-/m0/s1. The smallest absolute Gasteiger partial charge is 0.0736 e. The molecule has 0 saturated carbocycles. The van der Waals surface area contributed by atoms with Crippen LogP contribution in [-0.4, -0.2) is 53.1 Å². The number of rotatable bonds is 5. The Morgan fingerprint density at radius 1 is 1.22 bits per heavy atom. The molecule has 2 saturated heterocycles. The molecule has 4 rings (SSSR count). The third kappa shape index (κ3) is 3.80. The molecule has 0 bridgehead atoms. The number of fused-ring (bicyclic) bond motifs is 1. The zero-order valence-electron chi connectivity index (χ0n) is 13.3. The van der Waals surface area contributed by atoms with Crippen molar-refractivity contribution in [2.75, 3.05) is 26.2 Å². The third-order valence-electron chi connectivity index (χ3n) is 4.83. The second-order valence-electron chi connectivity index (χ2n) is 6.49. The second kappa shape index (κ2) is 7.09. The first-order chi connectivity index (χ1) is 11.4. The Hall–Kier alpha value is -1.27. The summed E-state index contributed by atoms with van der Waals surface area (Å²) in [6.45, 7) is 6.37. The Balaban J connectivity index is 1.27. The first kappa shape index (κ1) is 15.3. The Morgan fingerprint density at radius 2 is 2.22 bits per heavy atom. The van der Waals surface area contributed by atoms with Crippen LogP contribution >= 0.6 is 11.3 Å². The predicted molar refractivity (Wildman–Crippen MR) is 92.4 cm³/mol. The maximum atomic E-state index is 6.12. The average Bonchev–Trinajstić information content (AvgIpc) is 3.23. The van der Waals surface area contributed by atoms with E-state index in [-0.39, 0.29) is 0 Å². The average molecular weight is 329 g/mol. The van der Waals surface area contributed by atoms with E-state index >= 15 is 0 Å². The van der Waals surface area contributed by atoms with Gasteiger partial charge in [0.2, 0.25) is 0 Å². The van der Waals surface area contributed by atoms with Crippen LogP contribution in [0.5, 0.6) is 0 Å². The van der Waals surface area contributed by atoms with Crippen LogP contribution in [0.4, 0.5) is 0 Å². The number of nitrogens with zero attached hydrogens (tertiary/aromatic N) is 3. The maximum absolute atomic E-state index is 6.12. The van der Waals surface area contributed by atoms with Gasteiger partial charge < -0.3 is 4.74 Å².